The van der Waals surface area contributed by atoms with Gasteiger partial charge in [-0.25, -0.2) is 4.39 Å². The number of benzene rings is 2. The van der Waals surface area contributed by atoms with Gasteiger partial charge in [-0.1, -0.05) is 49.4 Å². The summed E-state index contributed by atoms with van der Waals surface area (Å²) in [6.07, 6.45) is 2.20. The number of nitrogens with zero attached hydrogens (tertiary/aromatic N) is 1. The van der Waals surface area contributed by atoms with Gasteiger partial charge >= 0.3 is 0 Å². The molecule has 0 radical (unpaired) electrons. The number of nitrogens with one attached hydrogen (secondary N) is 1. The van der Waals surface area contributed by atoms with Crippen molar-refractivity contribution < 1.29 is 18.7 Å². The van der Waals surface area contributed by atoms with E-state index in [0.29, 0.717) is 13.2 Å². The number of amides is 2. The van der Waals surface area contributed by atoms with Crippen LogP contribution in [0.1, 0.15) is 43.4 Å². The molecular weight excluding hydrogens is 371 g/mol. The maximum absolute atomic E-state index is 13.3. The van der Waals surface area contributed by atoms with Crippen molar-refractivity contribution in [2.45, 2.75) is 44.9 Å². The summed E-state index contributed by atoms with van der Waals surface area (Å²) in [5.74, 6) is -0.720. The smallest absolute Gasteiger partial charge is 0.247 e. The lowest BCUT2D eigenvalue weighted by Crippen LogP contribution is -2.44. The third-order valence-electron chi connectivity index (χ3n) is 5.09. The molecule has 0 saturated carbocycles. The van der Waals surface area contributed by atoms with Gasteiger partial charge in [-0.2, -0.15) is 0 Å². The number of ether oxygens (including phenoxy) is 1. The van der Waals surface area contributed by atoms with Crippen LogP contribution < -0.4 is 5.32 Å². The van der Waals surface area contributed by atoms with E-state index in [9.17, 15) is 14.0 Å². The lowest BCUT2D eigenvalue weighted by molar-refractivity contribution is -0.141. The second kappa shape index (κ2) is 10.2. The predicted octanol–water partition coefficient (Wildman–Crippen LogP) is 3.60. The van der Waals surface area contributed by atoms with Gasteiger partial charge in [0.1, 0.15) is 11.9 Å². The van der Waals surface area contributed by atoms with Crippen LogP contribution in [0.5, 0.6) is 0 Å². The van der Waals surface area contributed by atoms with E-state index in [0.717, 1.165) is 24.0 Å². The lowest BCUT2D eigenvalue weighted by Gasteiger charge is -2.31. The van der Waals surface area contributed by atoms with Gasteiger partial charge < -0.3 is 15.0 Å². The summed E-state index contributed by atoms with van der Waals surface area (Å²) in [7, 11) is 0. The van der Waals surface area contributed by atoms with E-state index in [4.69, 9.17) is 4.74 Å². The van der Waals surface area contributed by atoms with Crippen molar-refractivity contribution >= 4 is 11.8 Å². The Bertz CT molecular complexity index is 805. The predicted molar refractivity (Wildman–Crippen MR) is 108 cm³/mol. The third kappa shape index (κ3) is 5.64. The van der Waals surface area contributed by atoms with Crippen molar-refractivity contribution in [2.75, 3.05) is 13.2 Å². The van der Waals surface area contributed by atoms with Crippen LogP contribution in [0.2, 0.25) is 0 Å². The molecule has 154 valence electrons. The number of halogens is 1. The number of hydrogen-bond donors (Lipinski definition) is 1. The molecule has 2 aromatic carbocycles. The molecule has 3 rings (SSSR count). The standard InChI is InChI=1S/C23H27FN2O3/c1-2-21(27)26(16-17-10-12-19(24)13-11-17)22(18-7-4-3-5-8-18)23(28)25-15-20-9-6-14-29-20/h3-5,7-8,10-13,20,22H,2,6,9,14-16H2,1H3,(H,25,28)/t20-,22-/m1/s1. The second-order valence-corrected chi connectivity index (χ2v) is 7.20. The van der Waals surface area contributed by atoms with Crippen LogP contribution in [0.25, 0.3) is 0 Å². The normalized spacial score (nSPS) is 17.0. The van der Waals surface area contributed by atoms with Gasteiger partial charge in [0.05, 0.1) is 6.10 Å². The van der Waals surface area contributed by atoms with Crippen molar-refractivity contribution in [1.82, 2.24) is 10.2 Å². The highest BCUT2D eigenvalue weighted by molar-refractivity contribution is 5.88. The molecule has 1 fully saturated rings. The van der Waals surface area contributed by atoms with Crippen molar-refractivity contribution in [3.8, 4) is 0 Å². The molecule has 29 heavy (non-hydrogen) atoms. The van der Waals surface area contributed by atoms with E-state index < -0.39 is 6.04 Å². The highest BCUT2D eigenvalue weighted by atomic mass is 19.1. The molecule has 0 aliphatic carbocycles. The third-order valence-corrected chi connectivity index (χ3v) is 5.09. The van der Waals surface area contributed by atoms with Crippen LogP contribution in [0.3, 0.4) is 0 Å². The summed E-state index contributed by atoms with van der Waals surface area (Å²) in [5.41, 5.74) is 1.50. The van der Waals surface area contributed by atoms with Crippen LogP contribution in [0.15, 0.2) is 54.6 Å². The molecule has 0 unspecified atom stereocenters. The van der Waals surface area contributed by atoms with E-state index in [-0.39, 0.29) is 36.7 Å². The van der Waals surface area contributed by atoms with Crippen molar-refractivity contribution in [1.29, 1.82) is 0 Å². The van der Waals surface area contributed by atoms with Crippen molar-refractivity contribution in [3.63, 3.8) is 0 Å². The first-order valence-electron chi connectivity index (χ1n) is 10.1. The summed E-state index contributed by atoms with van der Waals surface area (Å²) in [4.78, 5) is 27.6. The van der Waals surface area contributed by atoms with Crippen molar-refractivity contribution in [3.05, 3.63) is 71.5 Å². The Balaban J connectivity index is 1.86. The van der Waals surface area contributed by atoms with E-state index in [2.05, 4.69) is 5.32 Å². The topological polar surface area (TPSA) is 58.6 Å². The summed E-state index contributed by atoms with van der Waals surface area (Å²) in [5, 5.41) is 2.96. The highest BCUT2D eigenvalue weighted by Crippen LogP contribution is 2.25. The largest absolute Gasteiger partial charge is 0.376 e. The van der Waals surface area contributed by atoms with Gasteiger partial charge in [0.15, 0.2) is 0 Å². The average molecular weight is 398 g/mol. The Labute approximate surface area is 170 Å². The first kappa shape index (κ1) is 21.0. The maximum Gasteiger partial charge on any atom is 0.247 e. The average Bonchev–Trinajstić information content (AvgIpc) is 3.27. The van der Waals surface area contributed by atoms with Crippen molar-refractivity contribution in [2.24, 2.45) is 0 Å². The molecule has 0 bridgehead atoms. The zero-order valence-corrected chi connectivity index (χ0v) is 16.6. The molecule has 1 saturated heterocycles. The van der Waals surface area contributed by atoms with Gasteiger partial charge in [0.2, 0.25) is 11.8 Å². The summed E-state index contributed by atoms with van der Waals surface area (Å²) in [6.45, 7) is 3.13. The fourth-order valence-electron chi connectivity index (χ4n) is 3.54. The van der Waals surface area contributed by atoms with E-state index in [1.165, 1.54) is 12.1 Å². The Hall–Kier alpha value is -2.73. The van der Waals surface area contributed by atoms with Gasteiger partial charge in [0.25, 0.3) is 0 Å². The molecule has 0 spiro atoms. The van der Waals surface area contributed by atoms with E-state index in [1.54, 1.807) is 24.0 Å². The molecule has 5 nitrogen and oxygen atoms in total. The van der Waals surface area contributed by atoms with Crippen LogP contribution in [0, 0.1) is 5.82 Å². The SMILES string of the molecule is CCC(=O)N(Cc1ccc(F)cc1)[C@@H](C(=O)NC[C@H]1CCCO1)c1ccccc1. The van der Waals surface area contributed by atoms with Crippen LogP contribution >= 0.6 is 0 Å². The molecule has 1 heterocycles. The Morgan fingerprint density at radius 3 is 2.52 bits per heavy atom. The van der Waals surface area contributed by atoms with E-state index >= 15 is 0 Å². The highest BCUT2D eigenvalue weighted by Gasteiger charge is 2.31. The summed E-state index contributed by atoms with van der Waals surface area (Å²) < 4.78 is 18.9. The van der Waals surface area contributed by atoms with E-state index in [1.807, 2.05) is 30.3 Å². The molecule has 1 N–H and O–H groups in total. The monoisotopic (exact) mass is 398 g/mol. The first-order valence-corrected chi connectivity index (χ1v) is 10.1. The van der Waals surface area contributed by atoms with Gasteiger partial charge in [-0.05, 0) is 36.1 Å². The second-order valence-electron chi connectivity index (χ2n) is 7.20. The zero-order chi connectivity index (χ0) is 20.6. The van der Waals surface area contributed by atoms with Gasteiger partial charge in [0, 0.05) is 26.1 Å². The minimum Gasteiger partial charge on any atom is -0.376 e. The maximum atomic E-state index is 13.3. The Morgan fingerprint density at radius 2 is 1.90 bits per heavy atom. The van der Waals surface area contributed by atoms with Gasteiger partial charge in [-0.15, -0.1) is 0 Å². The first-order chi connectivity index (χ1) is 14.1. The molecular formula is C23H27FN2O3. The number of carbonyl (C=O) groups is 2. The quantitative estimate of drug-likeness (QED) is 0.739. The fraction of sp³-hybridized carbons (Fsp3) is 0.391. The van der Waals surface area contributed by atoms with Gasteiger partial charge in [-0.3, -0.25) is 9.59 Å². The summed E-state index contributed by atoms with van der Waals surface area (Å²) >= 11 is 0. The number of hydrogen-bond acceptors (Lipinski definition) is 3. The molecule has 6 heteroatoms. The molecule has 1 aliphatic heterocycles. The lowest BCUT2D eigenvalue weighted by atomic mass is 10.0. The van der Waals surface area contributed by atoms with Crippen LogP contribution in [-0.4, -0.2) is 36.0 Å². The molecule has 2 aromatic rings. The molecule has 2 atom stereocenters. The van der Waals surface area contributed by atoms with Crippen LogP contribution in [-0.2, 0) is 20.9 Å². The Morgan fingerprint density at radius 1 is 1.17 bits per heavy atom. The van der Waals surface area contributed by atoms with Crippen LogP contribution in [0.4, 0.5) is 4.39 Å². The number of rotatable bonds is 8. The molecule has 0 aromatic heterocycles. The molecule has 1 aliphatic rings. The summed E-state index contributed by atoms with van der Waals surface area (Å²) in [6, 6.07) is 14.5. The zero-order valence-electron chi connectivity index (χ0n) is 16.6. The Kier molecular flexibility index (Phi) is 7.36. The minimum atomic E-state index is -0.768. The molecule has 2 amide bonds. The minimum absolute atomic E-state index is 0.0165. The fourth-order valence-corrected chi connectivity index (χ4v) is 3.54. The number of carbonyl (C=O) groups excluding carboxylic acids is 2.